The zero-order chi connectivity index (χ0) is 9.42. The molecule has 0 spiro atoms. The SMILES string of the molecule is CC(C)C1=NC2CCC(O)CC2S1. The van der Waals surface area contributed by atoms with E-state index in [1.165, 1.54) is 5.04 Å². The molecule has 3 heteroatoms. The monoisotopic (exact) mass is 199 g/mol. The number of thioether (sulfide) groups is 1. The number of aliphatic hydroxyl groups excluding tert-OH is 1. The molecule has 2 aliphatic rings. The Hall–Kier alpha value is -0.0200. The lowest BCUT2D eigenvalue weighted by atomic mass is 9.93. The number of hydrogen-bond donors (Lipinski definition) is 1. The van der Waals surface area contributed by atoms with Crippen molar-refractivity contribution in [2.45, 2.75) is 50.5 Å². The van der Waals surface area contributed by atoms with Gasteiger partial charge in [-0.3, -0.25) is 4.99 Å². The third kappa shape index (κ3) is 1.91. The highest BCUT2D eigenvalue weighted by molar-refractivity contribution is 8.14. The second kappa shape index (κ2) is 3.62. The van der Waals surface area contributed by atoms with Gasteiger partial charge in [0.05, 0.1) is 17.2 Å². The molecule has 3 atom stereocenters. The zero-order valence-corrected chi connectivity index (χ0v) is 9.05. The number of fused-ring (bicyclic) bond motifs is 1. The summed E-state index contributed by atoms with van der Waals surface area (Å²) in [6, 6.07) is 0.505. The lowest BCUT2D eigenvalue weighted by Crippen LogP contribution is -2.30. The van der Waals surface area contributed by atoms with Crippen molar-refractivity contribution in [3.63, 3.8) is 0 Å². The van der Waals surface area contributed by atoms with Gasteiger partial charge in [0.1, 0.15) is 0 Å². The summed E-state index contributed by atoms with van der Waals surface area (Å²) in [4.78, 5) is 4.71. The molecule has 1 saturated carbocycles. The number of hydrogen-bond acceptors (Lipinski definition) is 3. The Morgan fingerprint density at radius 3 is 2.92 bits per heavy atom. The van der Waals surface area contributed by atoms with Gasteiger partial charge in [-0.05, 0) is 19.3 Å². The predicted molar refractivity (Wildman–Crippen MR) is 57.3 cm³/mol. The van der Waals surface area contributed by atoms with Crippen LogP contribution >= 0.6 is 11.8 Å². The zero-order valence-electron chi connectivity index (χ0n) is 8.23. The molecule has 2 nitrogen and oxygen atoms in total. The number of aliphatic imine (C=N–C) groups is 1. The van der Waals surface area contributed by atoms with Gasteiger partial charge in [-0.2, -0.15) is 0 Å². The summed E-state index contributed by atoms with van der Waals surface area (Å²) < 4.78 is 0. The Labute approximate surface area is 83.8 Å². The summed E-state index contributed by atoms with van der Waals surface area (Å²) in [5.74, 6) is 0.563. The van der Waals surface area contributed by atoms with Crippen molar-refractivity contribution in [3.05, 3.63) is 0 Å². The average Bonchev–Trinajstić information content (AvgIpc) is 2.46. The van der Waals surface area contributed by atoms with Crippen molar-refractivity contribution in [1.29, 1.82) is 0 Å². The van der Waals surface area contributed by atoms with E-state index in [0.717, 1.165) is 19.3 Å². The molecule has 13 heavy (non-hydrogen) atoms. The van der Waals surface area contributed by atoms with Crippen LogP contribution in [-0.2, 0) is 0 Å². The molecular weight excluding hydrogens is 182 g/mol. The van der Waals surface area contributed by atoms with Crippen LogP contribution in [0.25, 0.3) is 0 Å². The Balaban J connectivity index is 2.02. The molecule has 1 heterocycles. The Morgan fingerprint density at radius 1 is 1.46 bits per heavy atom. The summed E-state index contributed by atoms with van der Waals surface area (Å²) >= 11 is 1.90. The molecule has 3 unspecified atom stereocenters. The maximum absolute atomic E-state index is 9.52. The maximum Gasteiger partial charge on any atom is 0.0708 e. The van der Waals surface area contributed by atoms with E-state index in [1.807, 2.05) is 11.8 Å². The van der Waals surface area contributed by atoms with Gasteiger partial charge < -0.3 is 5.11 Å². The first kappa shape index (κ1) is 9.53. The third-order valence-electron chi connectivity index (χ3n) is 2.79. The molecular formula is C10H17NOS. The summed E-state index contributed by atoms with van der Waals surface area (Å²) in [7, 11) is 0. The highest BCUT2D eigenvalue weighted by Crippen LogP contribution is 2.38. The number of rotatable bonds is 1. The molecule has 1 aliphatic heterocycles. The van der Waals surface area contributed by atoms with Crippen LogP contribution in [0, 0.1) is 5.92 Å². The van der Waals surface area contributed by atoms with E-state index >= 15 is 0 Å². The van der Waals surface area contributed by atoms with Gasteiger partial charge in [0, 0.05) is 11.2 Å². The van der Waals surface area contributed by atoms with Gasteiger partial charge in [-0.25, -0.2) is 0 Å². The molecule has 1 aliphatic carbocycles. The molecule has 1 N–H and O–H groups in total. The summed E-state index contributed by atoms with van der Waals surface area (Å²) in [6.07, 6.45) is 2.89. The van der Waals surface area contributed by atoms with Crippen LogP contribution in [-0.4, -0.2) is 27.5 Å². The van der Waals surface area contributed by atoms with Crippen LogP contribution in [0.3, 0.4) is 0 Å². The topological polar surface area (TPSA) is 32.6 Å². The maximum atomic E-state index is 9.52. The van der Waals surface area contributed by atoms with Gasteiger partial charge >= 0.3 is 0 Å². The second-order valence-electron chi connectivity index (χ2n) is 4.31. The highest BCUT2D eigenvalue weighted by Gasteiger charge is 2.35. The standard InChI is InChI=1S/C10H17NOS/c1-6(2)10-11-8-4-3-7(12)5-9(8)13-10/h6-9,12H,3-5H2,1-2H3. The van der Waals surface area contributed by atoms with E-state index in [-0.39, 0.29) is 6.10 Å². The fraction of sp³-hybridized carbons (Fsp3) is 0.900. The van der Waals surface area contributed by atoms with Crippen molar-refractivity contribution in [1.82, 2.24) is 0 Å². The number of nitrogens with zero attached hydrogens (tertiary/aromatic N) is 1. The number of aliphatic hydroxyl groups is 1. The van der Waals surface area contributed by atoms with Crippen LogP contribution in [0.1, 0.15) is 33.1 Å². The van der Waals surface area contributed by atoms with Gasteiger partial charge in [0.15, 0.2) is 0 Å². The molecule has 0 amide bonds. The van der Waals surface area contributed by atoms with E-state index < -0.39 is 0 Å². The van der Waals surface area contributed by atoms with Crippen molar-refractivity contribution < 1.29 is 5.11 Å². The van der Waals surface area contributed by atoms with Crippen LogP contribution < -0.4 is 0 Å². The average molecular weight is 199 g/mol. The highest BCUT2D eigenvalue weighted by atomic mass is 32.2. The smallest absolute Gasteiger partial charge is 0.0708 e. The van der Waals surface area contributed by atoms with Gasteiger partial charge in [0.2, 0.25) is 0 Å². The minimum atomic E-state index is -0.0736. The fourth-order valence-electron chi connectivity index (χ4n) is 2.00. The molecule has 74 valence electrons. The summed E-state index contributed by atoms with van der Waals surface area (Å²) in [5.41, 5.74) is 0. The first-order chi connectivity index (χ1) is 6.16. The van der Waals surface area contributed by atoms with Crippen molar-refractivity contribution >= 4 is 16.8 Å². The van der Waals surface area contributed by atoms with Crippen molar-refractivity contribution in [2.24, 2.45) is 10.9 Å². The van der Waals surface area contributed by atoms with Crippen LogP contribution in [0.15, 0.2) is 4.99 Å². The molecule has 0 aromatic rings. The molecule has 2 rings (SSSR count). The van der Waals surface area contributed by atoms with E-state index in [1.54, 1.807) is 0 Å². The van der Waals surface area contributed by atoms with Crippen LogP contribution in [0.5, 0.6) is 0 Å². The van der Waals surface area contributed by atoms with Crippen LogP contribution in [0.4, 0.5) is 0 Å². The van der Waals surface area contributed by atoms with E-state index in [0.29, 0.717) is 17.2 Å². The molecule has 0 radical (unpaired) electrons. The van der Waals surface area contributed by atoms with E-state index in [4.69, 9.17) is 4.99 Å². The first-order valence-electron chi connectivity index (χ1n) is 5.09. The van der Waals surface area contributed by atoms with Crippen LogP contribution in [0.2, 0.25) is 0 Å². The Bertz CT molecular complexity index is 227. The summed E-state index contributed by atoms with van der Waals surface area (Å²) in [6.45, 7) is 4.39. The van der Waals surface area contributed by atoms with E-state index in [2.05, 4.69) is 13.8 Å². The second-order valence-corrected chi connectivity index (χ2v) is 5.57. The van der Waals surface area contributed by atoms with Gasteiger partial charge in [-0.1, -0.05) is 13.8 Å². The van der Waals surface area contributed by atoms with Crippen molar-refractivity contribution in [3.8, 4) is 0 Å². The molecule has 0 aromatic carbocycles. The quantitative estimate of drug-likeness (QED) is 0.701. The normalized spacial score (nSPS) is 39.1. The molecule has 0 bridgehead atoms. The Morgan fingerprint density at radius 2 is 2.23 bits per heavy atom. The van der Waals surface area contributed by atoms with Gasteiger partial charge in [0.25, 0.3) is 0 Å². The minimum absolute atomic E-state index is 0.0736. The molecule has 0 aromatic heterocycles. The molecule has 0 saturated heterocycles. The van der Waals surface area contributed by atoms with E-state index in [9.17, 15) is 5.11 Å². The van der Waals surface area contributed by atoms with Crippen molar-refractivity contribution in [2.75, 3.05) is 0 Å². The third-order valence-corrected chi connectivity index (χ3v) is 4.42. The largest absolute Gasteiger partial charge is 0.393 e. The molecule has 1 fully saturated rings. The fourth-order valence-corrected chi connectivity index (χ4v) is 3.45. The minimum Gasteiger partial charge on any atom is -0.393 e. The Kier molecular flexibility index (Phi) is 2.65. The lowest BCUT2D eigenvalue weighted by molar-refractivity contribution is 0.127. The summed E-state index contributed by atoms with van der Waals surface area (Å²) in [5, 5.41) is 11.4. The predicted octanol–water partition coefficient (Wildman–Crippen LogP) is 2.07. The first-order valence-corrected chi connectivity index (χ1v) is 5.97. The van der Waals surface area contributed by atoms with Gasteiger partial charge in [-0.15, -0.1) is 11.8 Å². The lowest BCUT2D eigenvalue weighted by Gasteiger charge is -2.26.